The molecular weight excluding hydrogens is 188 g/mol. The Morgan fingerprint density at radius 3 is 2.33 bits per heavy atom. The van der Waals surface area contributed by atoms with Crippen LogP contribution in [0.3, 0.4) is 0 Å². The first kappa shape index (κ1) is 11.5. The van der Waals surface area contributed by atoms with Crippen LogP contribution in [0.5, 0.6) is 5.75 Å². The van der Waals surface area contributed by atoms with Gasteiger partial charge < -0.3 is 10.5 Å². The Labute approximate surface area is 90.5 Å². The van der Waals surface area contributed by atoms with Gasteiger partial charge in [0.1, 0.15) is 11.9 Å². The lowest BCUT2D eigenvalue weighted by molar-refractivity contribution is 0.227. The Morgan fingerprint density at radius 1 is 1.40 bits per heavy atom. The van der Waals surface area contributed by atoms with Crippen molar-refractivity contribution in [3.05, 3.63) is 28.8 Å². The van der Waals surface area contributed by atoms with Crippen molar-refractivity contribution < 1.29 is 4.74 Å². The second-order valence-electron chi connectivity index (χ2n) is 3.72. The Bertz CT molecular complexity index is 370. The van der Waals surface area contributed by atoms with Crippen LogP contribution in [0.25, 0.3) is 0 Å². The van der Waals surface area contributed by atoms with Crippen LogP contribution in [-0.4, -0.2) is 12.6 Å². The molecule has 0 amide bonds. The zero-order valence-corrected chi connectivity index (χ0v) is 9.37. The molecule has 80 valence electrons. The Hall–Kier alpha value is -1.53. The second-order valence-corrected chi connectivity index (χ2v) is 3.72. The van der Waals surface area contributed by atoms with Crippen LogP contribution < -0.4 is 10.5 Å². The van der Waals surface area contributed by atoms with E-state index in [1.54, 1.807) is 0 Å². The van der Waals surface area contributed by atoms with Crippen LogP contribution in [0.1, 0.15) is 23.6 Å². The molecule has 0 aromatic heterocycles. The largest absolute Gasteiger partial charge is 0.489 e. The maximum atomic E-state index is 8.79. The molecular formula is C12H16N2O. The van der Waals surface area contributed by atoms with Crippen molar-refractivity contribution in [1.82, 2.24) is 0 Å². The molecule has 1 aromatic rings. The van der Waals surface area contributed by atoms with Crippen LogP contribution in [0.2, 0.25) is 0 Å². The highest BCUT2D eigenvalue weighted by molar-refractivity contribution is 5.47. The molecule has 15 heavy (non-hydrogen) atoms. The molecule has 0 fully saturated rings. The van der Waals surface area contributed by atoms with E-state index in [0.717, 1.165) is 16.9 Å². The average Bonchev–Trinajstić information content (AvgIpc) is 2.22. The number of ether oxygens (including phenoxy) is 1. The van der Waals surface area contributed by atoms with Gasteiger partial charge in [-0.1, -0.05) is 0 Å². The third-order valence-corrected chi connectivity index (χ3v) is 2.24. The Kier molecular flexibility index (Phi) is 3.70. The number of rotatable bonds is 3. The quantitative estimate of drug-likeness (QED) is 0.818. The number of nitrogens with two attached hydrogens (primary N) is 1. The SMILES string of the molecule is Cc1cc(C#N)cc(C)c1OC(C)CN. The maximum absolute atomic E-state index is 8.79. The molecule has 0 spiro atoms. The summed E-state index contributed by atoms with van der Waals surface area (Å²) < 4.78 is 5.69. The van der Waals surface area contributed by atoms with E-state index in [0.29, 0.717) is 12.1 Å². The highest BCUT2D eigenvalue weighted by Crippen LogP contribution is 2.25. The lowest BCUT2D eigenvalue weighted by Crippen LogP contribution is -2.23. The Balaban J connectivity index is 3.04. The summed E-state index contributed by atoms with van der Waals surface area (Å²) in [5, 5.41) is 8.79. The van der Waals surface area contributed by atoms with Gasteiger partial charge in [-0.15, -0.1) is 0 Å². The van der Waals surface area contributed by atoms with Gasteiger partial charge in [-0.25, -0.2) is 0 Å². The first-order valence-corrected chi connectivity index (χ1v) is 4.96. The summed E-state index contributed by atoms with van der Waals surface area (Å²) in [5.41, 5.74) is 8.12. The van der Waals surface area contributed by atoms with Crippen molar-refractivity contribution in [2.24, 2.45) is 5.73 Å². The molecule has 1 atom stereocenters. The Morgan fingerprint density at radius 2 is 1.93 bits per heavy atom. The van der Waals surface area contributed by atoms with Crippen LogP contribution in [0.4, 0.5) is 0 Å². The van der Waals surface area contributed by atoms with E-state index < -0.39 is 0 Å². The molecule has 0 aliphatic carbocycles. The van der Waals surface area contributed by atoms with E-state index in [9.17, 15) is 0 Å². The van der Waals surface area contributed by atoms with E-state index in [-0.39, 0.29) is 6.10 Å². The monoisotopic (exact) mass is 204 g/mol. The van der Waals surface area contributed by atoms with Crippen LogP contribution >= 0.6 is 0 Å². The number of hydrogen-bond acceptors (Lipinski definition) is 3. The minimum atomic E-state index is -0.00432. The highest BCUT2D eigenvalue weighted by atomic mass is 16.5. The van der Waals surface area contributed by atoms with E-state index in [2.05, 4.69) is 6.07 Å². The summed E-state index contributed by atoms with van der Waals surface area (Å²) in [5.74, 6) is 0.840. The number of hydrogen-bond donors (Lipinski definition) is 1. The van der Waals surface area contributed by atoms with Gasteiger partial charge in [0.25, 0.3) is 0 Å². The van der Waals surface area contributed by atoms with Gasteiger partial charge in [0.2, 0.25) is 0 Å². The van der Waals surface area contributed by atoms with Gasteiger partial charge in [-0.2, -0.15) is 5.26 Å². The summed E-state index contributed by atoms with van der Waals surface area (Å²) in [7, 11) is 0. The van der Waals surface area contributed by atoms with Crippen LogP contribution in [0.15, 0.2) is 12.1 Å². The number of nitriles is 1. The van der Waals surface area contributed by atoms with Crippen LogP contribution in [-0.2, 0) is 0 Å². The molecule has 0 heterocycles. The zero-order valence-electron chi connectivity index (χ0n) is 9.37. The number of aryl methyl sites for hydroxylation is 2. The van der Waals surface area contributed by atoms with E-state index in [4.69, 9.17) is 15.7 Å². The fourth-order valence-electron chi connectivity index (χ4n) is 1.45. The second kappa shape index (κ2) is 4.81. The first-order valence-electron chi connectivity index (χ1n) is 4.96. The van der Waals surface area contributed by atoms with Crippen molar-refractivity contribution in [3.8, 4) is 11.8 Å². The van der Waals surface area contributed by atoms with Gasteiger partial charge in [-0.05, 0) is 44.0 Å². The molecule has 0 saturated carbocycles. The van der Waals surface area contributed by atoms with Gasteiger partial charge in [0, 0.05) is 6.54 Å². The molecule has 3 heteroatoms. The van der Waals surface area contributed by atoms with E-state index >= 15 is 0 Å². The topological polar surface area (TPSA) is 59.0 Å². The predicted octanol–water partition coefficient (Wildman–Crippen LogP) is 1.90. The number of nitrogens with zero attached hydrogens (tertiary/aromatic N) is 1. The van der Waals surface area contributed by atoms with Crippen molar-refractivity contribution in [1.29, 1.82) is 5.26 Å². The average molecular weight is 204 g/mol. The van der Waals surface area contributed by atoms with Crippen molar-refractivity contribution in [3.63, 3.8) is 0 Å². The van der Waals surface area contributed by atoms with E-state index in [1.165, 1.54) is 0 Å². The molecule has 0 bridgehead atoms. The fraction of sp³-hybridized carbons (Fsp3) is 0.417. The fourth-order valence-corrected chi connectivity index (χ4v) is 1.45. The third kappa shape index (κ3) is 2.71. The molecule has 3 nitrogen and oxygen atoms in total. The zero-order chi connectivity index (χ0) is 11.4. The predicted molar refractivity (Wildman–Crippen MR) is 59.8 cm³/mol. The molecule has 0 aliphatic heterocycles. The summed E-state index contributed by atoms with van der Waals surface area (Å²) >= 11 is 0. The smallest absolute Gasteiger partial charge is 0.125 e. The van der Waals surface area contributed by atoms with E-state index in [1.807, 2.05) is 32.9 Å². The lowest BCUT2D eigenvalue weighted by Gasteiger charge is -2.17. The first-order chi connectivity index (χ1) is 7.08. The number of benzene rings is 1. The van der Waals surface area contributed by atoms with Crippen LogP contribution in [0, 0.1) is 25.2 Å². The molecule has 2 N–H and O–H groups in total. The molecule has 1 aromatic carbocycles. The maximum Gasteiger partial charge on any atom is 0.125 e. The van der Waals surface area contributed by atoms with Gasteiger partial charge in [0.15, 0.2) is 0 Å². The highest BCUT2D eigenvalue weighted by Gasteiger charge is 2.09. The summed E-state index contributed by atoms with van der Waals surface area (Å²) in [6, 6.07) is 5.77. The molecule has 1 unspecified atom stereocenters. The lowest BCUT2D eigenvalue weighted by atomic mass is 10.1. The minimum Gasteiger partial charge on any atom is -0.489 e. The summed E-state index contributed by atoms with van der Waals surface area (Å²) in [6.07, 6.45) is -0.00432. The van der Waals surface area contributed by atoms with Gasteiger partial charge in [-0.3, -0.25) is 0 Å². The summed E-state index contributed by atoms with van der Waals surface area (Å²) in [4.78, 5) is 0. The van der Waals surface area contributed by atoms with Crippen molar-refractivity contribution in [2.45, 2.75) is 26.9 Å². The van der Waals surface area contributed by atoms with Gasteiger partial charge >= 0.3 is 0 Å². The normalized spacial score (nSPS) is 11.9. The third-order valence-electron chi connectivity index (χ3n) is 2.24. The summed E-state index contributed by atoms with van der Waals surface area (Å²) in [6.45, 7) is 6.29. The van der Waals surface area contributed by atoms with Crippen molar-refractivity contribution in [2.75, 3.05) is 6.54 Å². The van der Waals surface area contributed by atoms with Crippen molar-refractivity contribution >= 4 is 0 Å². The molecule has 1 rings (SSSR count). The molecule has 0 radical (unpaired) electrons. The molecule has 0 saturated heterocycles. The molecule has 0 aliphatic rings. The van der Waals surface area contributed by atoms with Gasteiger partial charge in [0.05, 0.1) is 11.6 Å². The minimum absolute atomic E-state index is 0.00432. The standard InChI is InChI=1S/C12H16N2O/c1-8-4-11(7-14)5-9(2)12(8)15-10(3)6-13/h4-5,10H,6,13H2,1-3H3.